The van der Waals surface area contributed by atoms with E-state index in [-0.39, 0.29) is 24.2 Å². The number of carboxylic acid groups (broad SMARTS) is 1. The Bertz CT molecular complexity index is 901. The average Bonchev–Trinajstić information content (AvgIpc) is 2.88. The molecule has 0 radical (unpaired) electrons. The van der Waals surface area contributed by atoms with Gasteiger partial charge in [0.15, 0.2) is 0 Å². The first kappa shape index (κ1) is 20.0. The van der Waals surface area contributed by atoms with Crippen molar-refractivity contribution in [2.24, 2.45) is 11.8 Å². The number of amides is 1. The third-order valence-corrected chi connectivity index (χ3v) is 5.50. The van der Waals surface area contributed by atoms with Crippen LogP contribution in [0, 0.1) is 39.5 Å². The molecule has 0 bridgehead atoms. The van der Waals surface area contributed by atoms with Crippen LogP contribution in [-0.4, -0.2) is 54.7 Å². The Labute approximate surface area is 164 Å². The summed E-state index contributed by atoms with van der Waals surface area (Å²) in [5.41, 5.74) is 4.23. The van der Waals surface area contributed by atoms with E-state index < -0.39 is 5.97 Å². The van der Waals surface area contributed by atoms with Gasteiger partial charge in [0.25, 0.3) is 5.95 Å². The summed E-state index contributed by atoms with van der Waals surface area (Å²) in [6.45, 7) is 10.5. The molecular weight excluding hydrogens is 358 g/mol. The molecule has 0 saturated carbocycles. The highest BCUT2D eigenvalue weighted by molar-refractivity contribution is 5.80. The highest BCUT2D eigenvalue weighted by Gasteiger charge is 2.33. The van der Waals surface area contributed by atoms with E-state index in [4.69, 9.17) is 0 Å². The smallest absolute Gasteiger partial charge is 0.306 e. The van der Waals surface area contributed by atoms with Crippen LogP contribution in [-0.2, 0) is 16.0 Å². The van der Waals surface area contributed by atoms with Crippen LogP contribution in [0.2, 0.25) is 0 Å². The van der Waals surface area contributed by atoms with Crippen LogP contribution in [0.3, 0.4) is 0 Å². The number of carboxylic acids is 1. The van der Waals surface area contributed by atoms with Gasteiger partial charge in [-0.1, -0.05) is 6.92 Å². The summed E-state index contributed by atoms with van der Waals surface area (Å²) in [6.07, 6.45) is 0.739. The van der Waals surface area contributed by atoms with Gasteiger partial charge in [-0.05, 0) is 46.1 Å². The molecule has 2 aromatic rings. The lowest BCUT2D eigenvalue weighted by atomic mass is 9.87. The number of rotatable bonds is 4. The maximum Gasteiger partial charge on any atom is 0.306 e. The minimum Gasteiger partial charge on any atom is -0.481 e. The summed E-state index contributed by atoms with van der Waals surface area (Å²) in [5, 5.41) is 13.8. The zero-order chi connectivity index (χ0) is 20.6. The largest absolute Gasteiger partial charge is 0.481 e. The molecule has 8 heteroatoms. The first-order valence-corrected chi connectivity index (χ1v) is 9.55. The summed E-state index contributed by atoms with van der Waals surface area (Å²) in [4.78, 5) is 34.8. The summed E-state index contributed by atoms with van der Waals surface area (Å²) in [5.74, 6) is -0.697. The van der Waals surface area contributed by atoms with Gasteiger partial charge in [-0.15, -0.1) is 0 Å². The van der Waals surface area contributed by atoms with Crippen LogP contribution in [0.5, 0.6) is 0 Å². The molecule has 8 nitrogen and oxygen atoms in total. The second kappa shape index (κ2) is 7.69. The van der Waals surface area contributed by atoms with E-state index in [2.05, 4.69) is 15.1 Å². The topological polar surface area (TPSA) is 101 Å². The number of aliphatic carboxylic acids is 1. The van der Waals surface area contributed by atoms with Crippen LogP contribution >= 0.6 is 0 Å². The van der Waals surface area contributed by atoms with Gasteiger partial charge in [0.05, 0.1) is 18.0 Å². The van der Waals surface area contributed by atoms with E-state index >= 15 is 0 Å². The molecule has 2 atom stereocenters. The molecule has 0 aromatic carbocycles. The molecule has 0 aliphatic carbocycles. The molecule has 1 aliphatic heterocycles. The van der Waals surface area contributed by atoms with Crippen molar-refractivity contribution < 1.29 is 14.7 Å². The van der Waals surface area contributed by atoms with Crippen LogP contribution in [0.15, 0.2) is 6.07 Å². The lowest BCUT2D eigenvalue weighted by Crippen LogP contribution is -2.45. The van der Waals surface area contributed by atoms with E-state index in [0.717, 1.165) is 28.3 Å². The van der Waals surface area contributed by atoms with Gasteiger partial charge in [-0.3, -0.25) is 9.59 Å². The van der Waals surface area contributed by atoms with E-state index in [1.807, 2.05) is 40.7 Å². The lowest BCUT2D eigenvalue weighted by molar-refractivity contribution is -0.148. The van der Waals surface area contributed by atoms with Gasteiger partial charge in [-0.25, -0.2) is 14.6 Å². The highest BCUT2D eigenvalue weighted by Crippen LogP contribution is 2.25. The second-order valence-electron chi connectivity index (χ2n) is 7.74. The summed E-state index contributed by atoms with van der Waals surface area (Å²) >= 11 is 0. The number of piperidine rings is 1. The number of carbonyl (C=O) groups excluding carboxylic acids is 1. The number of hydrogen-bond acceptors (Lipinski definition) is 5. The maximum atomic E-state index is 12.9. The molecule has 1 fully saturated rings. The SMILES string of the molecule is Cc1cc(C)nc(-n2nc(C)c(CC(=O)N3CCC(C(=O)O)C(C)C3)c2C)n1. The van der Waals surface area contributed by atoms with E-state index in [1.165, 1.54) is 0 Å². The van der Waals surface area contributed by atoms with E-state index in [1.54, 1.807) is 9.58 Å². The fourth-order valence-electron chi connectivity index (χ4n) is 3.93. The quantitative estimate of drug-likeness (QED) is 0.864. The van der Waals surface area contributed by atoms with Crippen molar-refractivity contribution in [2.45, 2.75) is 47.5 Å². The Morgan fingerprint density at radius 3 is 2.39 bits per heavy atom. The number of likely N-dealkylation sites (tertiary alicyclic amines) is 1. The van der Waals surface area contributed by atoms with Crippen LogP contribution in [0.4, 0.5) is 0 Å². The molecule has 2 aromatic heterocycles. The van der Waals surface area contributed by atoms with Crippen LogP contribution in [0.25, 0.3) is 5.95 Å². The fraction of sp³-hybridized carbons (Fsp3) is 0.550. The second-order valence-corrected chi connectivity index (χ2v) is 7.74. The number of nitrogens with zero attached hydrogens (tertiary/aromatic N) is 5. The van der Waals surface area contributed by atoms with Gasteiger partial charge < -0.3 is 10.0 Å². The Hall–Kier alpha value is -2.77. The standard InChI is InChI=1S/C20H27N5O3/c1-11-10-24(7-6-16(11)19(27)28)18(26)9-17-14(4)23-25(15(17)5)20-21-12(2)8-13(3)22-20/h8,11,16H,6-7,9-10H2,1-5H3,(H,27,28). The Morgan fingerprint density at radius 1 is 1.18 bits per heavy atom. The Morgan fingerprint density at radius 2 is 1.82 bits per heavy atom. The summed E-state index contributed by atoms with van der Waals surface area (Å²) in [7, 11) is 0. The van der Waals surface area contributed by atoms with E-state index in [9.17, 15) is 14.7 Å². The third-order valence-electron chi connectivity index (χ3n) is 5.50. The number of carbonyl (C=O) groups is 2. The number of hydrogen-bond donors (Lipinski definition) is 1. The zero-order valence-corrected chi connectivity index (χ0v) is 17.1. The first-order chi connectivity index (χ1) is 13.2. The fourth-order valence-corrected chi connectivity index (χ4v) is 3.93. The molecule has 1 amide bonds. The van der Waals surface area contributed by atoms with Crippen molar-refractivity contribution in [3.05, 3.63) is 34.4 Å². The minimum absolute atomic E-state index is 0.00257. The van der Waals surface area contributed by atoms with Gasteiger partial charge in [0.1, 0.15) is 0 Å². The van der Waals surface area contributed by atoms with Crippen molar-refractivity contribution >= 4 is 11.9 Å². The van der Waals surface area contributed by atoms with Crippen molar-refractivity contribution in [3.63, 3.8) is 0 Å². The molecular formula is C20H27N5O3. The molecule has 3 rings (SSSR count). The van der Waals surface area contributed by atoms with Crippen LogP contribution in [0.1, 0.15) is 41.7 Å². The van der Waals surface area contributed by atoms with Crippen molar-refractivity contribution in [1.29, 1.82) is 0 Å². The molecule has 0 spiro atoms. The van der Waals surface area contributed by atoms with Crippen LogP contribution < -0.4 is 0 Å². The van der Waals surface area contributed by atoms with Crippen molar-refractivity contribution in [3.8, 4) is 5.95 Å². The monoisotopic (exact) mass is 385 g/mol. The predicted octanol–water partition coefficient (Wildman–Crippen LogP) is 2.01. The normalized spacial score (nSPS) is 19.7. The molecule has 150 valence electrons. The molecule has 3 heterocycles. The van der Waals surface area contributed by atoms with Gasteiger partial charge in [0, 0.05) is 35.7 Å². The lowest BCUT2D eigenvalue weighted by Gasteiger charge is -2.35. The highest BCUT2D eigenvalue weighted by atomic mass is 16.4. The molecule has 28 heavy (non-hydrogen) atoms. The first-order valence-electron chi connectivity index (χ1n) is 9.55. The molecule has 1 aliphatic rings. The Balaban J connectivity index is 1.79. The molecule has 1 saturated heterocycles. The third kappa shape index (κ3) is 3.90. The average molecular weight is 385 g/mol. The van der Waals surface area contributed by atoms with Crippen molar-refractivity contribution in [2.75, 3.05) is 13.1 Å². The molecule has 2 unspecified atom stereocenters. The van der Waals surface area contributed by atoms with Gasteiger partial charge >= 0.3 is 5.97 Å². The minimum atomic E-state index is -0.777. The maximum absolute atomic E-state index is 12.9. The zero-order valence-electron chi connectivity index (χ0n) is 17.1. The number of aromatic nitrogens is 4. The van der Waals surface area contributed by atoms with Crippen molar-refractivity contribution in [1.82, 2.24) is 24.6 Å². The van der Waals surface area contributed by atoms with E-state index in [0.29, 0.717) is 25.5 Å². The van der Waals surface area contributed by atoms with Gasteiger partial charge in [-0.2, -0.15) is 5.10 Å². The summed E-state index contributed by atoms with van der Waals surface area (Å²) < 4.78 is 1.69. The summed E-state index contributed by atoms with van der Waals surface area (Å²) in [6, 6.07) is 1.90. The molecule has 1 N–H and O–H groups in total. The predicted molar refractivity (Wildman–Crippen MR) is 103 cm³/mol. The Kier molecular flexibility index (Phi) is 5.49. The van der Waals surface area contributed by atoms with Gasteiger partial charge in [0.2, 0.25) is 5.91 Å². The number of aryl methyl sites for hydroxylation is 3.